The molecule has 2 fully saturated rings. The van der Waals surface area contributed by atoms with Crippen molar-refractivity contribution in [1.82, 2.24) is 14.1 Å². The maximum atomic E-state index is 13.0. The second-order valence-corrected chi connectivity index (χ2v) is 9.72. The van der Waals surface area contributed by atoms with Crippen molar-refractivity contribution in [2.24, 2.45) is 0 Å². The number of likely N-dealkylation sites (tertiary alicyclic amines) is 1. The number of carbonyl (C=O) groups is 1. The van der Waals surface area contributed by atoms with Gasteiger partial charge in [-0.25, -0.2) is 8.42 Å². The van der Waals surface area contributed by atoms with E-state index < -0.39 is 15.3 Å². The van der Waals surface area contributed by atoms with E-state index in [-0.39, 0.29) is 12.5 Å². The molecule has 27 heavy (non-hydrogen) atoms. The zero-order valence-corrected chi connectivity index (χ0v) is 17.0. The van der Waals surface area contributed by atoms with Gasteiger partial charge in [-0.2, -0.15) is 4.31 Å². The molecule has 1 aromatic carbocycles. The summed E-state index contributed by atoms with van der Waals surface area (Å²) in [6.45, 7) is 3.30. The van der Waals surface area contributed by atoms with Crippen molar-refractivity contribution in [1.29, 1.82) is 0 Å². The highest BCUT2D eigenvalue weighted by Crippen LogP contribution is 2.23. The Morgan fingerprint density at radius 2 is 1.96 bits per heavy atom. The zero-order valence-electron chi connectivity index (χ0n) is 16.1. The molecular weight excluding hydrogens is 366 g/mol. The normalized spacial score (nSPS) is 22.2. The molecule has 0 bridgehead atoms. The molecule has 1 aromatic rings. The first-order chi connectivity index (χ1) is 12.9. The molecule has 0 radical (unpaired) electrons. The Hall–Kier alpha value is -1.48. The monoisotopic (exact) mass is 395 g/mol. The van der Waals surface area contributed by atoms with Crippen molar-refractivity contribution < 1.29 is 17.9 Å². The molecule has 2 saturated heterocycles. The summed E-state index contributed by atoms with van der Waals surface area (Å²) >= 11 is 0. The lowest BCUT2D eigenvalue weighted by molar-refractivity contribution is 0.0685. The average molecular weight is 396 g/mol. The standard InChI is InChI=1S/C19H29N3O4S/c1-20(2)14-16-5-3-6-17(13-16)19(23)21-8-4-7-18(15-21)27(24,25)22-9-11-26-12-10-22/h3,5-6,13,18H,4,7-12,14-15H2,1-2H3/t18-/m1/s1. The molecule has 7 nitrogen and oxygen atoms in total. The summed E-state index contributed by atoms with van der Waals surface area (Å²) in [6.07, 6.45) is 1.31. The Kier molecular flexibility index (Phi) is 6.52. The van der Waals surface area contributed by atoms with E-state index >= 15 is 0 Å². The summed E-state index contributed by atoms with van der Waals surface area (Å²) in [5.74, 6) is -0.0857. The van der Waals surface area contributed by atoms with Crippen LogP contribution >= 0.6 is 0 Å². The predicted molar refractivity (Wildman–Crippen MR) is 104 cm³/mol. The molecule has 1 atom stereocenters. The molecule has 8 heteroatoms. The van der Waals surface area contributed by atoms with E-state index in [0.717, 1.165) is 12.1 Å². The van der Waals surface area contributed by atoms with Crippen LogP contribution in [-0.2, 0) is 21.3 Å². The number of sulfonamides is 1. The SMILES string of the molecule is CN(C)Cc1cccc(C(=O)N2CCC[C@@H](S(=O)(=O)N3CCOCC3)C2)c1. The molecule has 0 spiro atoms. The fourth-order valence-electron chi connectivity index (χ4n) is 3.73. The maximum absolute atomic E-state index is 13.0. The van der Waals surface area contributed by atoms with Gasteiger partial charge in [-0.15, -0.1) is 0 Å². The molecule has 0 N–H and O–H groups in total. The van der Waals surface area contributed by atoms with Gasteiger partial charge in [0.15, 0.2) is 0 Å². The molecule has 0 aromatic heterocycles. The van der Waals surface area contributed by atoms with Crippen molar-refractivity contribution in [3.8, 4) is 0 Å². The van der Waals surface area contributed by atoms with E-state index in [9.17, 15) is 13.2 Å². The number of amides is 1. The van der Waals surface area contributed by atoms with Crippen molar-refractivity contribution in [3.05, 3.63) is 35.4 Å². The lowest BCUT2D eigenvalue weighted by Gasteiger charge is -2.36. The van der Waals surface area contributed by atoms with Crippen LogP contribution in [0.3, 0.4) is 0 Å². The van der Waals surface area contributed by atoms with Crippen LogP contribution in [0, 0.1) is 0 Å². The Bertz CT molecular complexity index is 760. The molecule has 0 aliphatic carbocycles. The third-order valence-corrected chi connectivity index (χ3v) is 7.40. The summed E-state index contributed by atoms with van der Waals surface area (Å²) < 4.78 is 32.7. The number of ether oxygens (including phenoxy) is 1. The van der Waals surface area contributed by atoms with Crippen LogP contribution in [0.15, 0.2) is 24.3 Å². The van der Waals surface area contributed by atoms with E-state index in [0.29, 0.717) is 51.3 Å². The van der Waals surface area contributed by atoms with Crippen LogP contribution in [0.2, 0.25) is 0 Å². The molecular formula is C19H29N3O4S. The lowest BCUT2D eigenvalue weighted by Crippen LogP contribution is -2.51. The molecule has 2 aliphatic rings. The van der Waals surface area contributed by atoms with Crippen LogP contribution in [0.5, 0.6) is 0 Å². The van der Waals surface area contributed by atoms with Gasteiger partial charge in [-0.3, -0.25) is 4.79 Å². The Balaban J connectivity index is 1.71. The first-order valence-electron chi connectivity index (χ1n) is 9.47. The van der Waals surface area contributed by atoms with Crippen LogP contribution in [0.25, 0.3) is 0 Å². The third kappa shape index (κ3) is 4.87. The van der Waals surface area contributed by atoms with Gasteiger partial charge in [-0.1, -0.05) is 12.1 Å². The first kappa shape index (κ1) is 20.3. The van der Waals surface area contributed by atoms with Gasteiger partial charge in [0, 0.05) is 38.3 Å². The zero-order chi connectivity index (χ0) is 19.4. The van der Waals surface area contributed by atoms with Crippen molar-refractivity contribution in [2.75, 3.05) is 53.5 Å². The number of benzene rings is 1. The van der Waals surface area contributed by atoms with E-state index in [4.69, 9.17) is 4.74 Å². The quantitative estimate of drug-likeness (QED) is 0.744. The van der Waals surface area contributed by atoms with Crippen molar-refractivity contribution in [3.63, 3.8) is 0 Å². The van der Waals surface area contributed by atoms with Gasteiger partial charge in [0.25, 0.3) is 5.91 Å². The second-order valence-electron chi connectivity index (χ2n) is 7.51. The molecule has 0 unspecified atom stereocenters. The molecule has 150 valence electrons. The third-order valence-electron chi connectivity index (χ3n) is 5.09. The Labute approximate surface area is 161 Å². The van der Waals surface area contributed by atoms with Crippen LogP contribution in [0.4, 0.5) is 0 Å². The summed E-state index contributed by atoms with van der Waals surface area (Å²) in [5.41, 5.74) is 1.69. The van der Waals surface area contributed by atoms with Crippen molar-refractivity contribution in [2.45, 2.75) is 24.6 Å². The fourth-order valence-corrected chi connectivity index (χ4v) is 5.64. The number of hydrogen-bond acceptors (Lipinski definition) is 5. The van der Waals surface area contributed by atoms with E-state index in [1.807, 2.05) is 38.4 Å². The summed E-state index contributed by atoms with van der Waals surface area (Å²) in [5, 5.41) is -0.529. The number of piperidine rings is 1. The van der Waals surface area contributed by atoms with E-state index in [2.05, 4.69) is 4.90 Å². The minimum atomic E-state index is -3.41. The highest BCUT2D eigenvalue weighted by atomic mass is 32.2. The van der Waals surface area contributed by atoms with Crippen LogP contribution in [0.1, 0.15) is 28.8 Å². The molecule has 0 saturated carbocycles. The second kappa shape index (κ2) is 8.68. The highest BCUT2D eigenvalue weighted by molar-refractivity contribution is 7.89. The van der Waals surface area contributed by atoms with E-state index in [1.54, 1.807) is 4.90 Å². The van der Waals surface area contributed by atoms with Crippen LogP contribution < -0.4 is 0 Å². The van der Waals surface area contributed by atoms with Gasteiger partial charge < -0.3 is 14.5 Å². The van der Waals surface area contributed by atoms with Gasteiger partial charge in [-0.05, 0) is 44.6 Å². The Morgan fingerprint density at radius 3 is 2.67 bits per heavy atom. The first-order valence-corrected chi connectivity index (χ1v) is 11.0. The minimum Gasteiger partial charge on any atom is -0.379 e. The number of morpholine rings is 1. The maximum Gasteiger partial charge on any atom is 0.253 e. The number of rotatable bonds is 5. The van der Waals surface area contributed by atoms with E-state index in [1.165, 1.54) is 4.31 Å². The van der Waals surface area contributed by atoms with Gasteiger partial charge in [0.05, 0.1) is 18.5 Å². The molecule has 3 rings (SSSR count). The predicted octanol–water partition coefficient (Wildman–Crippen LogP) is 1.01. The van der Waals surface area contributed by atoms with Gasteiger partial charge in [0.1, 0.15) is 0 Å². The lowest BCUT2D eigenvalue weighted by atomic mass is 10.1. The Morgan fingerprint density at radius 1 is 1.22 bits per heavy atom. The van der Waals surface area contributed by atoms with Crippen LogP contribution in [-0.4, -0.2) is 87.2 Å². The molecule has 2 aliphatic heterocycles. The molecule has 2 heterocycles. The summed E-state index contributed by atoms with van der Waals surface area (Å²) in [4.78, 5) is 16.7. The fraction of sp³-hybridized carbons (Fsp3) is 0.632. The topological polar surface area (TPSA) is 70.2 Å². The largest absolute Gasteiger partial charge is 0.379 e. The smallest absolute Gasteiger partial charge is 0.253 e. The van der Waals surface area contributed by atoms with Gasteiger partial charge in [0.2, 0.25) is 10.0 Å². The van der Waals surface area contributed by atoms with Gasteiger partial charge >= 0.3 is 0 Å². The highest BCUT2D eigenvalue weighted by Gasteiger charge is 2.37. The number of hydrogen-bond donors (Lipinski definition) is 0. The molecule has 1 amide bonds. The van der Waals surface area contributed by atoms with Crippen molar-refractivity contribution >= 4 is 15.9 Å². The number of nitrogens with zero attached hydrogens (tertiary/aromatic N) is 3. The average Bonchev–Trinajstić information content (AvgIpc) is 2.68. The minimum absolute atomic E-state index is 0.0857. The number of carbonyl (C=O) groups excluding carboxylic acids is 1. The summed E-state index contributed by atoms with van der Waals surface area (Å²) in [7, 11) is 0.568. The summed E-state index contributed by atoms with van der Waals surface area (Å²) in [6, 6.07) is 7.60.